The zero-order valence-corrected chi connectivity index (χ0v) is 19.9. The van der Waals surface area contributed by atoms with E-state index in [1.165, 1.54) is 102 Å². The van der Waals surface area contributed by atoms with E-state index in [1.807, 2.05) is 12.1 Å². The summed E-state index contributed by atoms with van der Waals surface area (Å²) in [5.41, 5.74) is 0.683. The molecule has 0 radical (unpaired) electrons. The summed E-state index contributed by atoms with van der Waals surface area (Å²) in [6.45, 7) is 2.30. The van der Waals surface area contributed by atoms with Gasteiger partial charge in [-0.15, -0.1) is 0 Å². The van der Waals surface area contributed by atoms with Crippen LogP contribution in [0.3, 0.4) is 0 Å². The lowest BCUT2D eigenvalue weighted by molar-refractivity contribution is 0.219. The molecule has 0 aliphatic heterocycles. The molecule has 0 saturated heterocycles. The van der Waals surface area contributed by atoms with E-state index >= 15 is 0 Å². The lowest BCUT2D eigenvalue weighted by Crippen LogP contribution is -2.17. The first-order chi connectivity index (χ1) is 15.7. The van der Waals surface area contributed by atoms with E-state index < -0.39 is 5.82 Å². The van der Waals surface area contributed by atoms with Crippen molar-refractivity contribution in [3.63, 3.8) is 0 Å². The number of nitrogens with zero attached hydrogens (tertiary/aromatic N) is 1. The molecule has 2 heteroatoms. The maximum absolute atomic E-state index is 13.6. The van der Waals surface area contributed by atoms with Gasteiger partial charge in [0.15, 0.2) is 0 Å². The number of nitriles is 1. The molecule has 0 spiro atoms. The van der Waals surface area contributed by atoms with Crippen LogP contribution in [-0.4, -0.2) is 0 Å². The monoisotopic (exact) mass is 433 g/mol. The van der Waals surface area contributed by atoms with Gasteiger partial charge in [-0.25, -0.2) is 4.39 Å². The predicted octanol–water partition coefficient (Wildman–Crippen LogP) is 8.58. The van der Waals surface area contributed by atoms with Gasteiger partial charge in [0.1, 0.15) is 11.9 Å². The van der Waals surface area contributed by atoms with Crippen molar-refractivity contribution >= 4 is 0 Å². The predicted molar refractivity (Wildman–Crippen MR) is 131 cm³/mol. The number of unbranched alkanes of at least 4 members (excludes halogenated alkanes) is 2. The molecule has 0 N–H and O–H groups in total. The Morgan fingerprint density at radius 2 is 1.53 bits per heavy atom. The van der Waals surface area contributed by atoms with Crippen LogP contribution in [0.2, 0.25) is 0 Å². The molecule has 0 bridgehead atoms. The van der Waals surface area contributed by atoms with E-state index in [4.69, 9.17) is 5.26 Å². The minimum atomic E-state index is -0.499. The Bertz CT molecular complexity index is 821. The first-order valence-corrected chi connectivity index (χ1v) is 13.1. The summed E-state index contributed by atoms with van der Waals surface area (Å²) >= 11 is 0. The van der Waals surface area contributed by atoms with Crippen LogP contribution < -0.4 is 0 Å². The molecule has 0 heterocycles. The molecule has 1 aromatic rings. The molecule has 1 nitrogen and oxygen atoms in total. The summed E-state index contributed by atoms with van der Waals surface area (Å²) in [5.74, 6) is 9.09. The van der Waals surface area contributed by atoms with Gasteiger partial charge < -0.3 is 0 Å². The van der Waals surface area contributed by atoms with Crippen molar-refractivity contribution in [2.45, 2.75) is 96.8 Å². The van der Waals surface area contributed by atoms with Crippen LogP contribution in [0, 0.1) is 52.7 Å². The van der Waals surface area contributed by atoms with Crippen LogP contribution in [-0.2, 0) is 0 Å². The number of benzene rings is 1. The molecule has 1 aromatic carbocycles. The molecule has 2 aliphatic carbocycles. The average molecular weight is 434 g/mol. The molecule has 32 heavy (non-hydrogen) atoms. The Balaban J connectivity index is 1.30. The van der Waals surface area contributed by atoms with E-state index in [9.17, 15) is 4.39 Å². The molecular weight excluding hydrogens is 393 g/mol. The summed E-state index contributed by atoms with van der Waals surface area (Å²) in [4.78, 5) is 0. The third-order valence-corrected chi connectivity index (χ3v) is 7.81. The number of rotatable bonds is 8. The minimum Gasteiger partial charge on any atom is -0.206 e. The van der Waals surface area contributed by atoms with E-state index in [-0.39, 0.29) is 5.56 Å². The Labute approximate surface area is 195 Å². The van der Waals surface area contributed by atoms with Crippen molar-refractivity contribution in [3.05, 3.63) is 47.3 Å². The maximum Gasteiger partial charge on any atom is 0.142 e. The summed E-state index contributed by atoms with van der Waals surface area (Å²) in [6, 6.07) is 6.36. The highest BCUT2D eigenvalue weighted by molar-refractivity contribution is 5.42. The van der Waals surface area contributed by atoms with Crippen molar-refractivity contribution < 1.29 is 4.39 Å². The smallest absolute Gasteiger partial charge is 0.142 e. The normalized spacial score (nSPS) is 25.8. The lowest BCUT2D eigenvalue weighted by atomic mass is 9.75. The van der Waals surface area contributed by atoms with Gasteiger partial charge in [0, 0.05) is 5.56 Å². The van der Waals surface area contributed by atoms with Crippen molar-refractivity contribution in [1.29, 1.82) is 5.26 Å². The topological polar surface area (TPSA) is 23.8 Å². The van der Waals surface area contributed by atoms with Gasteiger partial charge in [-0.2, -0.15) is 5.26 Å². The van der Waals surface area contributed by atoms with Crippen molar-refractivity contribution in [3.8, 4) is 17.9 Å². The van der Waals surface area contributed by atoms with Crippen LogP contribution in [0.25, 0.3) is 0 Å². The third-order valence-electron chi connectivity index (χ3n) is 7.81. The SMILES string of the molecule is CCCCC[C@H]1CC[C@H](CCC2CCC(/C=C/C#Cc3ccc(C#N)c(F)c3)CC2)CC1. The molecule has 0 aromatic heterocycles. The second kappa shape index (κ2) is 13.5. The van der Waals surface area contributed by atoms with Gasteiger partial charge >= 0.3 is 0 Å². The van der Waals surface area contributed by atoms with Gasteiger partial charge in [0.2, 0.25) is 0 Å². The van der Waals surface area contributed by atoms with Gasteiger partial charge in [-0.1, -0.05) is 89.0 Å². The van der Waals surface area contributed by atoms with Crippen molar-refractivity contribution in [1.82, 2.24) is 0 Å². The van der Waals surface area contributed by atoms with Crippen molar-refractivity contribution in [2.24, 2.45) is 23.7 Å². The highest BCUT2D eigenvalue weighted by atomic mass is 19.1. The Kier molecular flexibility index (Phi) is 10.4. The molecule has 0 unspecified atom stereocenters. The Morgan fingerprint density at radius 3 is 2.12 bits per heavy atom. The zero-order valence-electron chi connectivity index (χ0n) is 19.9. The van der Waals surface area contributed by atoms with E-state index in [2.05, 4.69) is 24.8 Å². The van der Waals surface area contributed by atoms with E-state index in [1.54, 1.807) is 6.07 Å². The average Bonchev–Trinajstić information content (AvgIpc) is 2.82. The summed E-state index contributed by atoms with van der Waals surface area (Å²) in [5, 5.41) is 8.79. The fourth-order valence-electron chi connectivity index (χ4n) is 5.63. The third kappa shape index (κ3) is 8.13. The molecule has 0 atom stereocenters. The standard InChI is InChI=1S/C30H40FN/c1-2-3-4-7-24-10-14-26(15-11-24)18-19-27-16-12-25(13-17-27)8-5-6-9-28-20-21-29(23-32)30(31)22-28/h5,8,20-22,24-27H,2-4,7,10-19H2,1H3/b8-5+/t24-,25?,26-,27?. The molecule has 2 aliphatic rings. The fraction of sp³-hybridized carbons (Fsp3) is 0.633. The largest absolute Gasteiger partial charge is 0.206 e. The van der Waals surface area contributed by atoms with Crippen molar-refractivity contribution in [2.75, 3.05) is 0 Å². The summed E-state index contributed by atoms with van der Waals surface area (Å²) in [7, 11) is 0. The minimum absolute atomic E-state index is 0.0675. The van der Waals surface area contributed by atoms with Gasteiger partial charge in [0.25, 0.3) is 0 Å². The maximum atomic E-state index is 13.6. The first kappa shape index (κ1) is 24.6. The number of halogens is 1. The summed E-state index contributed by atoms with van der Waals surface area (Å²) < 4.78 is 13.6. The molecular formula is C30H40FN. The summed E-state index contributed by atoms with van der Waals surface area (Å²) in [6.07, 6.45) is 24.0. The second-order valence-corrected chi connectivity index (χ2v) is 10.2. The van der Waals surface area contributed by atoms with Crippen LogP contribution in [0.4, 0.5) is 4.39 Å². The van der Waals surface area contributed by atoms with E-state index in [0.717, 1.165) is 17.8 Å². The second-order valence-electron chi connectivity index (χ2n) is 10.2. The van der Waals surface area contributed by atoms with E-state index in [0.29, 0.717) is 11.5 Å². The number of hydrogen-bond donors (Lipinski definition) is 0. The van der Waals surface area contributed by atoms with Crippen LogP contribution >= 0.6 is 0 Å². The fourth-order valence-corrected chi connectivity index (χ4v) is 5.63. The van der Waals surface area contributed by atoms with Crippen LogP contribution in [0.15, 0.2) is 30.4 Å². The lowest BCUT2D eigenvalue weighted by Gasteiger charge is -2.31. The van der Waals surface area contributed by atoms with Gasteiger partial charge in [-0.3, -0.25) is 0 Å². The quantitative estimate of drug-likeness (QED) is 0.297. The number of hydrogen-bond acceptors (Lipinski definition) is 1. The molecule has 2 saturated carbocycles. The van der Waals surface area contributed by atoms with Crippen LogP contribution in [0.5, 0.6) is 0 Å². The van der Waals surface area contributed by atoms with Gasteiger partial charge in [0.05, 0.1) is 5.56 Å². The first-order valence-electron chi connectivity index (χ1n) is 13.1. The molecule has 0 amide bonds. The number of allylic oxidation sites excluding steroid dienone is 2. The Morgan fingerprint density at radius 1 is 0.906 bits per heavy atom. The molecule has 172 valence electrons. The Hall–Kier alpha value is -2.06. The zero-order chi connectivity index (χ0) is 22.6. The molecule has 2 fully saturated rings. The highest BCUT2D eigenvalue weighted by Gasteiger charge is 2.24. The molecule has 3 rings (SSSR count). The van der Waals surface area contributed by atoms with Crippen LogP contribution in [0.1, 0.15) is 108 Å². The van der Waals surface area contributed by atoms with Gasteiger partial charge in [-0.05, 0) is 73.6 Å². The highest BCUT2D eigenvalue weighted by Crippen LogP contribution is 2.38.